The van der Waals surface area contributed by atoms with Crippen LogP contribution in [-0.2, 0) is 9.59 Å². The van der Waals surface area contributed by atoms with Crippen molar-refractivity contribution in [3.63, 3.8) is 0 Å². The molecular formula is C22H17ClN2O3S. The lowest BCUT2D eigenvalue weighted by molar-refractivity contribution is -0.121. The normalized spacial score (nSPS) is 16.3. The Morgan fingerprint density at radius 2 is 1.62 bits per heavy atom. The molecule has 1 aliphatic heterocycles. The molecule has 1 unspecified atom stereocenters. The van der Waals surface area contributed by atoms with Gasteiger partial charge in [0.1, 0.15) is 11.5 Å². The van der Waals surface area contributed by atoms with E-state index < -0.39 is 5.25 Å². The van der Waals surface area contributed by atoms with Gasteiger partial charge >= 0.3 is 0 Å². The van der Waals surface area contributed by atoms with Crippen LogP contribution in [0.5, 0.6) is 11.5 Å². The number of nitrogens with two attached hydrogens (primary N) is 1. The number of rotatable bonds is 5. The summed E-state index contributed by atoms with van der Waals surface area (Å²) in [5.41, 5.74) is 6.95. The summed E-state index contributed by atoms with van der Waals surface area (Å²) in [7, 11) is 0. The van der Waals surface area contributed by atoms with E-state index in [0.29, 0.717) is 27.9 Å². The number of anilines is 2. The summed E-state index contributed by atoms with van der Waals surface area (Å²) in [5, 5.41) is 0.165. The number of carbonyl (C=O) groups is 2. The molecule has 3 aromatic carbocycles. The maximum atomic E-state index is 12.8. The first-order valence-electron chi connectivity index (χ1n) is 8.92. The van der Waals surface area contributed by atoms with Gasteiger partial charge in [0.05, 0.1) is 10.9 Å². The Morgan fingerprint density at radius 1 is 0.966 bits per heavy atom. The fraction of sp³-hybridized carbons (Fsp3) is 0.0909. The number of thioether (sulfide) groups is 1. The van der Waals surface area contributed by atoms with Crippen LogP contribution < -0.4 is 15.4 Å². The van der Waals surface area contributed by atoms with E-state index >= 15 is 0 Å². The van der Waals surface area contributed by atoms with E-state index in [0.717, 1.165) is 4.90 Å². The van der Waals surface area contributed by atoms with Crippen molar-refractivity contribution in [2.75, 3.05) is 10.6 Å². The molecule has 146 valence electrons. The molecule has 0 radical (unpaired) electrons. The number of nitrogens with zero attached hydrogens (tertiary/aromatic N) is 1. The van der Waals surface area contributed by atoms with Gasteiger partial charge in [-0.2, -0.15) is 0 Å². The van der Waals surface area contributed by atoms with Crippen LogP contribution in [0, 0.1) is 0 Å². The molecule has 1 fully saturated rings. The summed E-state index contributed by atoms with van der Waals surface area (Å²) in [6, 6.07) is 21.2. The molecule has 0 spiro atoms. The number of nitrogen functional groups attached to an aromatic ring is 1. The zero-order chi connectivity index (χ0) is 20.4. The molecule has 2 amide bonds. The standard InChI is InChI=1S/C22H17ClN2O3S/c23-14-4-8-17(9-5-14)28-18-10-6-16(7-11-18)25-21(26)13-20(22(25)27)29-19-3-1-2-15(24)12-19/h1-12,20H,13,24H2. The van der Waals surface area contributed by atoms with Gasteiger partial charge in [-0.1, -0.05) is 17.7 Å². The largest absolute Gasteiger partial charge is 0.457 e. The van der Waals surface area contributed by atoms with Gasteiger partial charge < -0.3 is 10.5 Å². The summed E-state index contributed by atoms with van der Waals surface area (Å²) in [6.45, 7) is 0. The molecule has 1 aliphatic rings. The predicted molar refractivity (Wildman–Crippen MR) is 116 cm³/mol. The zero-order valence-corrected chi connectivity index (χ0v) is 16.8. The molecule has 1 heterocycles. The Hall–Kier alpha value is -2.96. The summed E-state index contributed by atoms with van der Waals surface area (Å²) in [5.74, 6) is 0.798. The van der Waals surface area contributed by atoms with Gasteiger partial charge in [0, 0.05) is 22.0 Å². The van der Waals surface area contributed by atoms with Gasteiger partial charge in [-0.05, 0) is 66.7 Å². The molecule has 3 aromatic rings. The first-order valence-corrected chi connectivity index (χ1v) is 10.2. The van der Waals surface area contributed by atoms with Gasteiger partial charge in [0.15, 0.2) is 0 Å². The lowest BCUT2D eigenvalue weighted by Crippen LogP contribution is -2.31. The number of ether oxygens (including phenoxy) is 1. The molecule has 29 heavy (non-hydrogen) atoms. The number of carbonyl (C=O) groups excluding carboxylic acids is 2. The highest BCUT2D eigenvalue weighted by Gasteiger charge is 2.40. The van der Waals surface area contributed by atoms with Crippen molar-refractivity contribution in [3.8, 4) is 11.5 Å². The van der Waals surface area contributed by atoms with Crippen LogP contribution in [0.15, 0.2) is 77.7 Å². The third-order valence-electron chi connectivity index (χ3n) is 4.39. The third kappa shape index (κ3) is 4.39. The number of halogens is 1. The zero-order valence-electron chi connectivity index (χ0n) is 15.2. The molecule has 4 rings (SSSR count). The van der Waals surface area contributed by atoms with Crippen LogP contribution in [-0.4, -0.2) is 17.1 Å². The second kappa shape index (κ2) is 8.19. The van der Waals surface area contributed by atoms with Crippen molar-refractivity contribution in [2.45, 2.75) is 16.6 Å². The molecule has 2 N–H and O–H groups in total. The van der Waals surface area contributed by atoms with Crippen molar-refractivity contribution in [1.29, 1.82) is 0 Å². The van der Waals surface area contributed by atoms with Gasteiger partial charge in [0.2, 0.25) is 11.8 Å². The second-order valence-corrected chi connectivity index (χ2v) is 8.21. The topological polar surface area (TPSA) is 72.6 Å². The average molecular weight is 425 g/mol. The Kier molecular flexibility index (Phi) is 5.47. The van der Waals surface area contributed by atoms with Crippen LogP contribution in [0.3, 0.4) is 0 Å². The van der Waals surface area contributed by atoms with Crippen molar-refractivity contribution >= 4 is 46.6 Å². The minimum atomic E-state index is -0.464. The van der Waals surface area contributed by atoms with Crippen molar-refractivity contribution in [3.05, 3.63) is 77.8 Å². The molecule has 1 saturated heterocycles. The first kappa shape index (κ1) is 19.4. The van der Waals surface area contributed by atoms with Crippen molar-refractivity contribution in [1.82, 2.24) is 0 Å². The van der Waals surface area contributed by atoms with E-state index in [1.165, 1.54) is 16.7 Å². The van der Waals surface area contributed by atoms with Crippen LogP contribution >= 0.6 is 23.4 Å². The van der Waals surface area contributed by atoms with Gasteiger partial charge in [0.25, 0.3) is 0 Å². The van der Waals surface area contributed by atoms with Gasteiger partial charge in [-0.15, -0.1) is 11.8 Å². The highest BCUT2D eigenvalue weighted by Crippen LogP contribution is 2.35. The van der Waals surface area contributed by atoms with Crippen LogP contribution in [0.25, 0.3) is 0 Å². The van der Waals surface area contributed by atoms with Crippen LogP contribution in [0.1, 0.15) is 6.42 Å². The molecular weight excluding hydrogens is 408 g/mol. The number of hydrogen-bond acceptors (Lipinski definition) is 5. The Morgan fingerprint density at radius 3 is 2.28 bits per heavy atom. The molecule has 0 aliphatic carbocycles. The minimum absolute atomic E-state index is 0.154. The van der Waals surface area contributed by atoms with Gasteiger partial charge in [-0.3, -0.25) is 9.59 Å². The number of amides is 2. The number of benzene rings is 3. The smallest absolute Gasteiger partial charge is 0.247 e. The van der Waals surface area contributed by atoms with Crippen LogP contribution in [0.4, 0.5) is 11.4 Å². The molecule has 7 heteroatoms. The molecule has 1 atom stereocenters. The minimum Gasteiger partial charge on any atom is -0.457 e. The third-order valence-corrected chi connectivity index (χ3v) is 5.82. The lowest BCUT2D eigenvalue weighted by Gasteiger charge is -2.15. The van der Waals surface area contributed by atoms with Crippen LogP contribution in [0.2, 0.25) is 5.02 Å². The SMILES string of the molecule is Nc1cccc(SC2CC(=O)N(c3ccc(Oc4ccc(Cl)cc4)cc3)C2=O)c1. The quantitative estimate of drug-likeness (QED) is 0.453. The average Bonchev–Trinajstić information content (AvgIpc) is 2.98. The van der Waals surface area contributed by atoms with Gasteiger partial charge in [-0.25, -0.2) is 4.90 Å². The van der Waals surface area contributed by atoms with E-state index in [4.69, 9.17) is 22.1 Å². The Labute approximate surface area is 177 Å². The predicted octanol–water partition coefficient (Wildman–Crippen LogP) is 5.14. The highest BCUT2D eigenvalue weighted by molar-refractivity contribution is 8.00. The van der Waals surface area contributed by atoms with E-state index in [9.17, 15) is 9.59 Å². The highest BCUT2D eigenvalue weighted by atomic mass is 35.5. The summed E-state index contributed by atoms with van der Waals surface area (Å²) in [4.78, 5) is 27.4. The molecule has 0 saturated carbocycles. The maximum Gasteiger partial charge on any atom is 0.247 e. The van der Waals surface area contributed by atoms with Crippen molar-refractivity contribution in [2.24, 2.45) is 0 Å². The first-order chi connectivity index (χ1) is 14.0. The summed E-state index contributed by atoms with van der Waals surface area (Å²) < 4.78 is 5.75. The number of hydrogen-bond donors (Lipinski definition) is 1. The molecule has 0 bridgehead atoms. The summed E-state index contributed by atoms with van der Waals surface area (Å²) >= 11 is 7.23. The van der Waals surface area contributed by atoms with E-state index in [1.807, 2.05) is 12.1 Å². The molecule has 0 aromatic heterocycles. The van der Waals surface area contributed by atoms with E-state index in [-0.39, 0.29) is 18.2 Å². The second-order valence-electron chi connectivity index (χ2n) is 6.50. The fourth-order valence-electron chi connectivity index (χ4n) is 3.02. The Bertz CT molecular complexity index is 1050. The van der Waals surface area contributed by atoms with E-state index in [2.05, 4.69) is 0 Å². The monoisotopic (exact) mass is 424 g/mol. The lowest BCUT2D eigenvalue weighted by atomic mass is 10.2. The number of imide groups is 1. The van der Waals surface area contributed by atoms with E-state index in [1.54, 1.807) is 60.7 Å². The van der Waals surface area contributed by atoms with Crippen molar-refractivity contribution < 1.29 is 14.3 Å². The fourth-order valence-corrected chi connectivity index (χ4v) is 4.27. The molecule has 5 nitrogen and oxygen atoms in total. The Balaban J connectivity index is 1.46. The maximum absolute atomic E-state index is 12.8. The summed E-state index contributed by atoms with van der Waals surface area (Å²) in [6.07, 6.45) is 0.154.